The fraction of sp³-hybridized carbons (Fsp3) is 0.300. The van der Waals surface area contributed by atoms with E-state index in [1.54, 1.807) is 6.26 Å². The van der Waals surface area contributed by atoms with Crippen LogP contribution in [0.2, 0.25) is 0 Å². The number of sulfonamides is 1. The highest BCUT2D eigenvalue weighted by Crippen LogP contribution is 2.29. The van der Waals surface area contributed by atoms with Gasteiger partial charge in [0.25, 0.3) is 5.69 Å². The molecule has 0 amide bonds. The topological polar surface area (TPSA) is 116 Å². The van der Waals surface area contributed by atoms with E-state index in [0.717, 1.165) is 24.9 Å². The molecule has 0 saturated carbocycles. The molecule has 10 heteroatoms. The van der Waals surface area contributed by atoms with Gasteiger partial charge in [0, 0.05) is 6.07 Å². The van der Waals surface area contributed by atoms with Crippen LogP contribution >= 0.6 is 11.8 Å². The van der Waals surface area contributed by atoms with Crippen molar-refractivity contribution in [1.29, 1.82) is 0 Å². The van der Waals surface area contributed by atoms with Crippen molar-refractivity contribution in [2.75, 3.05) is 19.9 Å². The number of carbonyl (C=O) groups is 1. The summed E-state index contributed by atoms with van der Waals surface area (Å²) >= 11 is 1.13. The average Bonchev–Trinajstić information content (AvgIpc) is 2.43. The molecular formula is C10H12N2O6S2. The summed E-state index contributed by atoms with van der Waals surface area (Å²) in [5.41, 5.74) is -0.307. The lowest BCUT2D eigenvalue weighted by Crippen LogP contribution is -2.30. The molecule has 0 bridgehead atoms. The number of benzene rings is 1. The van der Waals surface area contributed by atoms with Crippen molar-refractivity contribution < 1.29 is 22.9 Å². The summed E-state index contributed by atoms with van der Waals surface area (Å²) in [7, 11) is -2.89. The van der Waals surface area contributed by atoms with Gasteiger partial charge in [-0.15, -0.1) is 11.8 Å². The molecule has 0 aliphatic carbocycles. The third-order valence-electron chi connectivity index (χ3n) is 2.29. The summed E-state index contributed by atoms with van der Waals surface area (Å²) in [6, 6.07) is 3.53. The number of nitrogens with one attached hydrogen (secondary N) is 1. The predicted octanol–water partition coefficient (Wildman–Crippen LogP) is 0.768. The van der Waals surface area contributed by atoms with Crippen LogP contribution in [-0.2, 0) is 19.6 Å². The number of hydrogen-bond acceptors (Lipinski definition) is 7. The van der Waals surface area contributed by atoms with Gasteiger partial charge in [0.05, 0.1) is 21.8 Å². The van der Waals surface area contributed by atoms with Crippen LogP contribution in [0, 0.1) is 10.1 Å². The Morgan fingerprint density at radius 3 is 2.65 bits per heavy atom. The van der Waals surface area contributed by atoms with Crippen LogP contribution in [0.4, 0.5) is 5.69 Å². The van der Waals surface area contributed by atoms with Gasteiger partial charge in [-0.25, -0.2) is 8.42 Å². The lowest BCUT2D eigenvalue weighted by Gasteiger charge is -2.07. The monoisotopic (exact) mass is 320 g/mol. The van der Waals surface area contributed by atoms with E-state index in [4.69, 9.17) is 0 Å². The zero-order valence-corrected chi connectivity index (χ0v) is 12.3. The number of nitro benzene ring substituents is 1. The highest BCUT2D eigenvalue weighted by Gasteiger charge is 2.21. The highest BCUT2D eigenvalue weighted by atomic mass is 32.2. The molecule has 0 fully saturated rings. The van der Waals surface area contributed by atoms with Crippen molar-refractivity contribution in [3.05, 3.63) is 28.3 Å². The Morgan fingerprint density at radius 2 is 2.15 bits per heavy atom. The number of nitro groups is 1. The van der Waals surface area contributed by atoms with Gasteiger partial charge in [-0.2, -0.15) is 4.72 Å². The molecular weight excluding hydrogens is 308 g/mol. The first-order chi connectivity index (χ1) is 9.31. The van der Waals surface area contributed by atoms with Crippen molar-refractivity contribution >= 4 is 33.4 Å². The molecule has 0 aromatic heterocycles. The van der Waals surface area contributed by atoms with Crippen molar-refractivity contribution in [2.24, 2.45) is 0 Å². The molecule has 20 heavy (non-hydrogen) atoms. The number of methoxy groups -OCH3 is 1. The number of esters is 1. The van der Waals surface area contributed by atoms with Crippen molar-refractivity contribution in [1.82, 2.24) is 4.72 Å². The molecule has 0 radical (unpaired) electrons. The maximum Gasteiger partial charge on any atom is 0.320 e. The Bertz CT molecular complexity index is 629. The van der Waals surface area contributed by atoms with E-state index >= 15 is 0 Å². The van der Waals surface area contributed by atoms with Crippen LogP contribution in [0.25, 0.3) is 0 Å². The highest BCUT2D eigenvalue weighted by molar-refractivity contribution is 7.98. The minimum Gasteiger partial charge on any atom is -0.468 e. The van der Waals surface area contributed by atoms with Crippen LogP contribution in [0.1, 0.15) is 0 Å². The molecule has 110 valence electrons. The van der Waals surface area contributed by atoms with Crippen molar-refractivity contribution in [3.63, 3.8) is 0 Å². The lowest BCUT2D eigenvalue weighted by molar-refractivity contribution is -0.387. The van der Waals surface area contributed by atoms with E-state index in [1.807, 2.05) is 4.72 Å². The summed E-state index contributed by atoms with van der Waals surface area (Å²) in [4.78, 5) is 21.2. The first kappa shape index (κ1) is 16.4. The third-order valence-corrected chi connectivity index (χ3v) is 4.48. The van der Waals surface area contributed by atoms with Gasteiger partial charge in [-0.3, -0.25) is 14.9 Å². The second kappa shape index (κ2) is 6.68. The van der Waals surface area contributed by atoms with E-state index in [1.165, 1.54) is 12.1 Å². The van der Waals surface area contributed by atoms with Gasteiger partial charge in [-0.1, -0.05) is 0 Å². The lowest BCUT2D eigenvalue weighted by atomic mass is 10.3. The van der Waals surface area contributed by atoms with Gasteiger partial charge in [0.2, 0.25) is 10.0 Å². The zero-order chi connectivity index (χ0) is 15.3. The van der Waals surface area contributed by atoms with Gasteiger partial charge < -0.3 is 4.74 Å². The fourth-order valence-corrected chi connectivity index (χ4v) is 2.82. The van der Waals surface area contributed by atoms with Crippen LogP contribution in [0.15, 0.2) is 28.0 Å². The van der Waals surface area contributed by atoms with E-state index in [-0.39, 0.29) is 10.6 Å². The average molecular weight is 320 g/mol. The predicted molar refractivity (Wildman–Crippen MR) is 72.1 cm³/mol. The summed E-state index contributed by atoms with van der Waals surface area (Å²) in [6.07, 6.45) is 1.64. The van der Waals surface area contributed by atoms with Crippen LogP contribution in [0.5, 0.6) is 0 Å². The van der Waals surface area contributed by atoms with Gasteiger partial charge in [0.15, 0.2) is 0 Å². The summed E-state index contributed by atoms with van der Waals surface area (Å²) in [6.45, 7) is -0.545. The maximum atomic E-state index is 11.9. The van der Waals surface area contributed by atoms with E-state index in [9.17, 15) is 23.3 Å². The molecule has 1 N–H and O–H groups in total. The number of nitrogens with zero attached hydrogens (tertiary/aromatic N) is 1. The first-order valence-corrected chi connectivity index (χ1v) is 7.91. The summed E-state index contributed by atoms with van der Waals surface area (Å²) in [5.74, 6) is -0.760. The van der Waals surface area contributed by atoms with E-state index in [0.29, 0.717) is 4.90 Å². The molecule has 1 aromatic rings. The van der Waals surface area contributed by atoms with Crippen molar-refractivity contribution in [2.45, 2.75) is 9.79 Å². The molecule has 0 spiro atoms. The number of rotatable bonds is 6. The number of hydrogen-bond donors (Lipinski definition) is 1. The maximum absolute atomic E-state index is 11.9. The van der Waals surface area contributed by atoms with Gasteiger partial charge >= 0.3 is 5.97 Å². The SMILES string of the molecule is COC(=O)CNS(=O)(=O)c1ccc(SC)c([N+](=O)[O-])c1. The van der Waals surface area contributed by atoms with Gasteiger partial charge in [0.1, 0.15) is 6.54 Å². The molecule has 8 nitrogen and oxygen atoms in total. The summed E-state index contributed by atoms with van der Waals surface area (Å²) < 4.78 is 30.1. The standard InChI is InChI=1S/C10H12N2O6S2/c1-18-10(13)6-11-20(16,17)7-3-4-9(19-2)8(5-7)12(14)15/h3-5,11H,6H2,1-2H3. The smallest absolute Gasteiger partial charge is 0.320 e. The molecule has 0 atom stereocenters. The Morgan fingerprint density at radius 1 is 1.50 bits per heavy atom. The molecule has 1 aromatic carbocycles. The Labute approximate surface area is 119 Å². The number of ether oxygens (including phenoxy) is 1. The largest absolute Gasteiger partial charge is 0.468 e. The van der Waals surface area contributed by atoms with Crippen LogP contribution in [0.3, 0.4) is 0 Å². The third kappa shape index (κ3) is 3.92. The molecule has 1 rings (SSSR count). The molecule has 0 saturated heterocycles. The summed E-state index contributed by atoms with van der Waals surface area (Å²) in [5, 5.41) is 10.9. The van der Waals surface area contributed by atoms with Gasteiger partial charge in [-0.05, 0) is 18.4 Å². The first-order valence-electron chi connectivity index (χ1n) is 5.20. The molecule has 0 aliphatic rings. The Kier molecular flexibility index (Phi) is 5.48. The minimum atomic E-state index is -4.01. The van der Waals surface area contributed by atoms with E-state index < -0.39 is 27.5 Å². The quantitative estimate of drug-likeness (QED) is 0.356. The Hall–Kier alpha value is -1.65. The van der Waals surface area contributed by atoms with E-state index in [2.05, 4.69) is 4.74 Å². The van der Waals surface area contributed by atoms with Crippen LogP contribution < -0.4 is 4.72 Å². The Balaban J connectivity index is 3.10. The molecule has 0 heterocycles. The zero-order valence-electron chi connectivity index (χ0n) is 10.7. The number of thioether (sulfide) groups is 1. The van der Waals surface area contributed by atoms with Crippen LogP contribution in [-0.4, -0.2) is 39.2 Å². The fourth-order valence-electron chi connectivity index (χ4n) is 1.29. The normalized spacial score (nSPS) is 11.1. The second-order valence-electron chi connectivity index (χ2n) is 3.49. The minimum absolute atomic E-state index is 0.286. The number of carbonyl (C=O) groups excluding carboxylic acids is 1. The molecule has 0 aliphatic heterocycles. The van der Waals surface area contributed by atoms with Crippen molar-refractivity contribution in [3.8, 4) is 0 Å². The molecule has 0 unspecified atom stereocenters. The second-order valence-corrected chi connectivity index (χ2v) is 6.11.